The molecule has 1 saturated heterocycles. The number of nitrogens with zero attached hydrogens (tertiary/aromatic N) is 7. The van der Waals surface area contributed by atoms with Crippen molar-refractivity contribution in [3.8, 4) is 11.5 Å². The average molecular weight is 421 g/mol. The van der Waals surface area contributed by atoms with E-state index < -0.39 is 0 Å². The van der Waals surface area contributed by atoms with E-state index in [1.165, 1.54) is 11.3 Å². The van der Waals surface area contributed by atoms with Crippen LogP contribution in [-0.2, 0) is 6.42 Å². The van der Waals surface area contributed by atoms with Crippen molar-refractivity contribution in [3.05, 3.63) is 53.6 Å². The van der Waals surface area contributed by atoms with Crippen molar-refractivity contribution in [1.29, 1.82) is 0 Å². The van der Waals surface area contributed by atoms with Crippen molar-refractivity contribution in [2.24, 2.45) is 0 Å². The molecular formula is C20H20N8OS. The van der Waals surface area contributed by atoms with Gasteiger partial charge in [-0.3, -0.25) is 0 Å². The molecule has 0 bridgehead atoms. The second-order valence-electron chi connectivity index (χ2n) is 6.90. The lowest BCUT2D eigenvalue weighted by molar-refractivity contribution is 0.362. The Hall–Kier alpha value is -3.40. The SMILES string of the molecule is CCc1cc(Nc2nccs2)nc(N2CCCC2c2cc(-c3ncccn3)no2)n1. The molecule has 5 heterocycles. The zero-order valence-corrected chi connectivity index (χ0v) is 17.2. The highest BCUT2D eigenvalue weighted by molar-refractivity contribution is 7.13. The van der Waals surface area contributed by atoms with Gasteiger partial charge in [-0.2, -0.15) is 4.98 Å². The summed E-state index contributed by atoms with van der Waals surface area (Å²) in [6.07, 6.45) is 7.94. The molecular weight excluding hydrogens is 400 g/mol. The quantitative estimate of drug-likeness (QED) is 0.495. The summed E-state index contributed by atoms with van der Waals surface area (Å²) in [5.74, 6) is 2.75. The predicted molar refractivity (Wildman–Crippen MR) is 114 cm³/mol. The molecule has 1 atom stereocenters. The minimum Gasteiger partial charge on any atom is -0.358 e. The van der Waals surface area contributed by atoms with Crippen LogP contribution in [0.15, 0.2) is 46.7 Å². The number of hydrogen-bond donors (Lipinski definition) is 1. The third-order valence-electron chi connectivity index (χ3n) is 4.96. The van der Waals surface area contributed by atoms with Gasteiger partial charge in [0.1, 0.15) is 5.82 Å². The Morgan fingerprint density at radius 3 is 2.87 bits per heavy atom. The summed E-state index contributed by atoms with van der Waals surface area (Å²) < 4.78 is 5.68. The Balaban J connectivity index is 1.44. The second-order valence-corrected chi connectivity index (χ2v) is 7.79. The third-order valence-corrected chi connectivity index (χ3v) is 5.65. The van der Waals surface area contributed by atoms with Crippen molar-refractivity contribution in [1.82, 2.24) is 30.1 Å². The summed E-state index contributed by atoms with van der Waals surface area (Å²) >= 11 is 1.54. The molecule has 10 heteroatoms. The monoisotopic (exact) mass is 420 g/mol. The van der Waals surface area contributed by atoms with Crippen LogP contribution in [0.4, 0.5) is 16.9 Å². The maximum absolute atomic E-state index is 5.68. The first-order valence-corrected chi connectivity index (χ1v) is 10.7. The van der Waals surface area contributed by atoms with Gasteiger partial charge in [-0.15, -0.1) is 11.3 Å². The third kappa shape index (κ3) is 3.73. The topological polar surface area (TPSA) is 106 Å². The predicted octanol–water partition coefficient (Wildman–Crippen LogP) is 4.03. The first kappa shape index (κ1) is 18.6. The molecule has 1 unspecified atom stereocenters. The van der Waals surface area contributed by atoms with Crippen LogP contribution in [0.2, 0.25) is 0 Å². The normalized spacial score (nSPS) is 16.2. The average Bonchev–Trinajstić information content (AvgIpc) is 3.55. The lowest BCUT2D eigenvalue weighted by atomic mass is 10.1. The van der Waals surface area contributed by atoms with Gasteiger partial charge in [0.15, 0.2) is 22.4 Å². The minimum absolute atomic E-state index is 0.0229. The first-order valence-electron chi connectivity index (χ1n) is 9.85. The van der Waals surface area contributed by atoms with Crippen LogP contribution >= 0.6 is 11.3 Å². The molecule has 5 rings (SSSR count). The number of thiazole rings is 1. The highest BCUT2D eigenvalue weighted by atomic mass is 32.1. The van der Waals surface area contributed by atoms with Crippen molar-refractivity contribution in [2.75, 3.05) is 16.8 Å². The Kier molecular flexibility index (Phi) is 5.06. The van der Waals surface area contributed by atoms with Crippen LogP contribution in [0.25, 0.3) is 11.5 Å². The zero-order valence-electron chi connectivity index (χ0n) is 16.4. The maximum Gasteiger partial charge on any atom is 0.228 e. The molecule has 0 aromatic carbocycles. The molecule has 0 spiro atoms. The molecule has 1 aliphatic rings. The number of rotatable bonds is 6. The van der Waals surface area contributed by atoms with E-state index in [1.54, 1.807) is 24.7 Å². The number of anilines is 3. The lowest BCUT2D eigenvalue weighted by Gasteiger charge is -2.23. The molecule has 0 amide bonds. The summed E-state index contributed by atoms with van der Waals surface area (Å²) in [6.45, 7) is 2.94. The highest BCUT2D eigenvalue weighted by Gasteiger charge is 2.32. The molecule has 30 heavy (non-hydrogen) atoms. The van der Waals surface area contributed by atoms with Gasteiger partial charge in [0.2, 0.25) is 5.95 Å². The van der Waals surface area contributed by atoms with Gasteiger partial charge < -0.3 is 14.7 Å². The van der Waals surface area contributed by atoms with E-state index in [4.69, 9.17) is 14.5 Å². The second kappa shape index (κ2) is 8.15. The Labute approximate surface area is 177 Å². The molecule has 1 aliphatic heterocycles. The fourth-order valence-electron chi connectivity index (χ4n) is 3.54. The molecule has 0 aliphatic carbocycles. The van der Waals surface area contributed by atoms with E-state index in [-0.39, 0.29) is 6.04 Å². The number of nitrogens with one attached hydrogen (secondary N) is 1. The van der Waals surface area contributed by atoms with Crippen LogP contribution in [0.3, 0.4) is 0 Å². The summed E-state index contributed by atoms with van der Waals surface area (Å²) in [4.78, 5) is 24.5. The molecule has 4 aromatic rings. The summed E-state index contributed by atoms with van der Waals surface area (Å²) in [6, 6.07) is 5.68. The van der Waals surface area contributed by atoms with Gasteiger partial charge in [0, 0.05) is 48.3 Å². The highest BCUT2D eigenvalue weighted by Crippen LogP contribution is 2.36. The van der Waals surface area contributed by atoms with E-state index in [2.05, 4.69) is 37.2 Å². The van der Waals surface area contributed by atoms with E-state index in [1.807, 2.05) is 17.5 Å². The molecule has 152 valence electrons. The van der Waals surface area contributed by atoms with Gasteiger partial charge in [-0.05, 0) is 25.3 Å². The van der Waals surface area contributed by atoms with E-state index in [0.29, 0.717) is 17.5 Å². The smallest absolute Gasteiger partial charge is 0.228 e. The summed E-state index contributed by atoms with van der Waals surface area (Å²) in [5, 5.41) is 10.2. The Morgan fingerprint density at radius 2 is 2.07 bits per heavy atom. The van der Waals surface area contributed by atoms with Gasteiger partial charge in [0.25, 0.3) is 0 Å². The fraction of sp³-hybridized carbons (Fsp3) is 0.300. The Bertz CT molecular complexity index is 1120. The molecule has 1 N–H and O–H groups in total. The molecule has 0 radical (unpaired) electrons. The largest absolute Gasteiger partial charge is 0.358 e. The zero-order chi connectivity index (χ0) is 20.3. The summed E-state index contributed by atoms with van der Waals surface area (Å²) in [5.41, 5.74) is 1.60. The number of aryl methyl sites for hydroxylation is 1. The molecule has 1 fully saturated rings. The van der Waals surface area contributed by atoms with Crippen LogP contribution in [0.1, 0.15) is 37.3 Å². The van der Waals surface area contributed by atoms with Gasteiger partial charge in [-0.1, -0.05) is 12.1 Å². The van der Waals surface area contributed by atoms with Crippen LogP contribution < -0.4 is 10.2 Å². The van der Waals surface area contributed by atoms with Gasteiger partial charge >= 0.3 is 0 Å². The van der Waals surface area contributed by atoms with E-state index in [0.717, 1.165) is 48.2 Å². The number of aromatic nitrogens is 6. The summed E-state index contributed by atoms with van der Waals surface area (Å²) in [7, 11) is 0. The van der Waals surface area contributed by atoms with Crippen LogP contribution in [-0.4, -0.2) is 36.6 Å². The van der Waals surface area contributed by atoms with Crippen molar-refractivity contribution < 1.29 is 4.52 Å². The molecule has 4 aromatic heterocycles. The molecule has 9 nitrogen and oxygen atoms in total. The van der Waals surface area contributed by atoms with Crippen LogP contribution in [0, 0.1) is 0 Å². The van der Waals surface area contributed by atoms with E-state index >= 15 is 0 Å². The van der Waals surface area contributed by atoms with E-state index in [9.17, 15) is 0 Å². The number of hydrogen-bond acceptors (Lipinski definition) is 10. The van der Waals surface area contributed by atoms with Crippen molar-refractivity contribution in [2.45, 2.75) is 32.2 Å². The fourth-order valence-corrected chi connectivity index (χ4v) is 4.07. The van der Waals surface area contributed by atoms with Crippen LogP contribution in [0.5, 0.6) is 0 Å². The van der Waals surface area contributed by atoms with Crippen molar-refractivity contribution in [3.63, 3.8) is 0 Å². The van der Waals surface area contributed by atoms with Gasteiger partial charge in [-0.25, -0.2) is 19.9 Å². The van der Waals surface area contributed by atoms with Crippen molar-refractivity contribution >= 4 is 28.2 Å². The minimum atomic E-state index is 0.0229. The van der Waals surface area contributed by atoms with Gasteiger partial charge in [0.05, 0.1) is 6.04 Å². The molecule has 0 saturated carbocycles. The Morgan fingerprint density at radius 1 is 1.17 bits per heavy atom. The first-order chi connectivity index (χ1) is 14.8. The maximum atomic E-state index is 5.68. The standard InChI is InChI=1S/C20H20N8OS/c1-2-13-11-17(26-20-23-8-10-30-20)25-19(24-13)28-9-3-5-15(28)16-12-14(27-29-16)18-21-6-4-7-22-18/h4,6-8,10-12,15H,2-3,5,9H2,1H3,(H,23,24,25,26). The lowest BCUT2D eigenvalue weighted by Crippen LogP contribution is -2.25.